The molecule has 0 bridgehead atoms. The molecule has 1 N–H and O–H groups in total. The summed E-state index contributed by atoms with van der Waals surface area (Å²) in [5.74, 6) is 0.446. The van der Waals surface area contributed by atoms with E-state index in [1.54, 1.807) is 6.08 Å². The molecule has 4 heteroatoms. The van der Waals surface area contributed by atoms with Gasteiger partial charge in [0.15, 0.2) is 0 Å². The first-order valence-electron chi connectivity index (χ1n) is 7.23. The molecule has 0 aliphatic heterocycles. The van der Waals surface area contributed by atoms with Gasteiger partial charge in [0.2, 0.25) is 0 Å². The highest BCUT2D eigenvalue weighted by atomic mass is 16.5. The average Bonchev–Trinajstić information content (AvgIpc) is 2.46. The Morgan fingerprint density at radius 2 is 2.05 bits per heavy atom. The van der Waals surface area contributed by atoms with E-state index in [9.17, 15) is 4.79 Å². The van der Waals surface area contributed by atoms with Crippen molar-refractivity contribution in [3.63, 3.8) is 0 Å². The average molecular weight is 286 g/mol. The minimum absolute atomic E-state index is 0.114. The molecular formula is C17H22N2O2. The molecule has 0 aliphatic rings. The lowest BCUT2D eigenvalue weighted by atomic mass is 10.1. The summed E-state index contributed by atoms with van der Waals surface area (Å²) in [6.45, 7) is 6.56. The van der Waals surface area contributed by atoms with E-state index in [4.69, 9.17) is 10.00 Å². The van der Waals surface area contributed by atoms with Crippen LogP contribution >= 0.6 is 0 Å². The molecule has 0 atom stereocenters. The van der Waals surface area contributed by atoms with Crippen LogP contribution in [0.4, 0.5) is 0 Å². The molecule has 0 spiro atoms. The van der Waals surface area contributed by atoms with E-state index in [1.807, 2.05) is 51.1 Å². The first kappa shape index (κ1) is 16.8. The Labute approximate surface area is 126 Å². The first-order chi connectivity index (χ1) is 10.1. The quantitative estimate of drug-likeness (QED) is 0.475. The molecule has 112 valence electrons. The second-order valence-electron chi connectivity index (χ2n) is 5.01. The van der Waals surface area contributed by atoms with Crippen molar-refractivity contribution in [1.82, 2.24) is 5.32 Å². The molecular weight excluding hydrogens is 264 g/mol. The number of benzene rings is 1. The van der Waals surface area contributed by atoms with Gasteiger partial charge in [0.25, 0.3) is 5.91 Å². The standard InChI is InChI=1S/C17H22N2O2/c1-4-5-10-19-17(20)15(12-18)11-14-6-8-16(9-7-14)21-13(2)3/h6-9,11,13H,4-5,10H2,1-3H3,(H,19,20)/b15-11+. The molecule has 0 radical (unpaired) electrons. The number of nitrogens with one attached hydrogen (secondary N) is 1. The number of nitriles is 1. The maximum atomic E-state index is 11.8. The summed E-state index contributed by atoms with van der Waals surface area (Å²) in [6.07, 6.45) is 3.61. The summed E-state index contributed by atoms with van der Waals surface area (Å²) in [7, 11) is 0. The summed E-state index contributed by atoms with van der Waals surface area (Å²) >= 11 is 0. The van der Waals surface area contributed by atoms with Crippen molar-refractivity contribution in [3.8, 4) is 11.8 Å². The van der Waals surface area contributed by atoms with Crippen molar-refractivity contribution in [2.75, 3.05) is 6.54 Å². The van der Waals surface area contributed by atoms with Gasteiger partial charge < -0.3 is 10.1 Å². The molecule has 0 heterocycles. The number of hydrogen-bond donors (Lipinski definition) is 1. The fraction of sp³-hybridized carbons (Fsp3) is 0.412. The van der Waals surface area contributed by atoms with E-state index in [2.05, 4.69) is 5.32 Å². The Balaban J connectivity index is 2.74. The van der Waals surface area contributed by atoms with E-state index in [1.165, 1.54) is 0 Å². The van der Waals surface area contributed by atoms with Crippen LogP contribution in [0.1, 0.15) is 39.2 Å². The largest absolute Gasteiger partial charge is 0.491 e. The minimum atomic E-state index is -0.326. The first-order valence-corrected chi connectivity index (χ1v) is 7.23. The molecule has 1 rings (SSSR count). The second kappa shape index (κ2) is 8.80. The Kier molecular flexibility index (Phi) is 7.03. The van der Waals surface area contributed by atoms with E-state index < -0.39 is 0 Å². The SMILES string of the molecule is CCCCNC(=O)/C(C#N)=C/c1ccc(OC(C)C)cc1. The van der Waals surface area contributed by atoms with Gasteiger partial charge in [-0.25, -0.2) is 0 Å². The minimum Gasteiger partial charge on any atom is -0.491 e. The third-order valence-electron chi connectivity index (χ3n) is 2.74. The van der Waals surface area contributed by atoms with Gasteiger partial charge in [0.05, 0.1) is 6.10 Å². The van der Waals surface area contributed by atoms with Gasteiger partial charge in [0, 0.05) is 6.54 Å². The molecule has 4 nitrogen and oxygen atoms in total. The Bertz CT molecular complexity index is 525. The van der Waals surface area contributed by atoms with Gasteiger partial charge in [-0.05, 0) is 44.0 Å². The number of carbonyl (C=O) groups excluding carboxylic acids is 1. The van der Waals surface area contributed by atoms with Gasteiger partial charge in [-0.1, -0.05) is 25.5 Å². The Hall–Kier alpha value is -2.28. The molecule has 1 aromatic carbocycles. The predicted octanol–water partition coefficient (Wildman–Crippen LogP) is 3.30. The van der Waals surface area contributed by atoms with Crippen LogP contribution in [-0.2, 0) is 4.79 Å². The highest BCUT2D eigenvalue weighted by Gasteiger charge is 2.08. The van der Waals surface area contributed by atoms with Crippen molar-refractivity contribution in [2.45, 2.75) is 39.7 Å². The molecule has 21 heavy (non-hydrogen) atoms. The smallest absolute Gasteiger partial charge is 0.261 e. The van der Waals surface area contributed by atoms with E-state index in [0.717, 1.165) is 24.2 Å². The zero-order chi connectivity index (χ0) is 15.7. The fourth-order valence-electron chi connectivity index (χ4n) is 1.70. The molecule has 0 aromatic heterocycles. The molecule has 1 aromatic rings. The van der Waals surface area contributed by atoms with E-state index >= 15 is 0 Å². The monoisotopic (exact) mass is 286 g/mol. The summed E-state index contributed by atoms with van der Waals surface area (Å²) in [6, 6.07) is 9.26. The maximum absolute atomic E-state index is 11.8. The molecule has 0 saturated carbocycles. The zero-order valence-corrected chi connectivity index (χ0v) is 12.8. The van der Waals surface area contributed by atoms with Crippen molar-refractivity contribution < 1.29 is 9.53 Å². The highest BCUT2D eigenvalue weighted by Crippen LogP contribution is 2.15. The number of ether oxygens (including phenoxy) is 1. The normalized spacial score (nSPS) is 11.1. The molecule has 0 unspecified atom stereocenters. The Morgan fingerprint density at radius 1 is 1.38 bits per heavy atom. The number of carbonyl (C=O) groups is 1. The molecule has 0 aliphatic carbocycles. The highest BCUT2D eigenvalue weighted by molar-refractivity contribution is 6.01. The van der Waals surface area contributed by atoms with Gasteiger partial charge in [-0.15, -0.1) is 0 Å². The number of hydrogen-bond acceptors (Lipinski definition) is 3. The molecule has 0 saturated heterocycles. The second-order valence-corrected chi connectivity index (χ2v) is 5.01. The summed E-state index contributed by atoms with van der Waals surface area (Å²) in [4.78, 5) is 11.8. The number of rotatable bonds is 7. The van der Waals surface area contributed by atoms with Gasteiger partial charge in [-0.3, -0.25) is 4.79 Å². The third kappa shape index (κ3) is 6.13. The van der Waals surface area contributed by atoms with Crippen molar-refractivity contribution in [2.24, 2.45) is 0 Å². The van der Waals surface area contributed by atoms with Crippen LogP contribution in [0, 0.1) is 11.3 Å². The summed E-state index contributed by atoms with van der Waals surface area (Å²) in [5, 5.41) is 11.8. The molecule has 1 amide bonds. The van der Waals surface area contributed by atoms with Gasteiger partial charge >= 0.3 is 0 Å². The topological polar surface area (TPSA) is 62.1 Å². The van der Waals surface area contributed by atoms with Crippen LogP contribution in [0.15, 0.2) is 29.8 Å². The number of unbranched alkanes of at least 4 members (excludes halogenated alkanes) is 1. The number of amides is 1. The third-order valence-corrected chi connectivity index (χ3v) is 2.74. The predicted molar refractivity (Wildman–Crippen MR) is 83.7 cm³/mol. The van der Waals surface area contributed by atoms with Crippen molar-refractivity contribution in [3.05, 3.63) is 35.4 Å². The lowest BCUT2D eigenvalue weighted by Crippen LogP contribution is -2.25. The zero-order valence-electron chi connectivity index (χ0n) is 12.8. The number of nitrogens with zero attached hydrogens (tertiary/aromatic N) is 1. The van der Waals surface area contributed by atoms with Crippen LogP contribution < -0.4 is 10.1 Å². The van der Waals surface area contributed by atoms with Crippen LogP contribution in [0.3, 0.4) is 0 Å². The van der Waals surface area contributed by atoms with Crippen LogP contribution in [0.5, 0.6) is 5.75 Å². The summed E-state index contributed by atoms with van der Waals surface area (Å²) in [5.41, 5.74) is 0.914. The van der Waals surface area contributed by atoms with Crippen molar-refractivity contribution in [1.29, 1.82) is 5.26 Å². The maximum Gasteiger partial charge on any atom is 0.261 e. The lowest BCUT2D eigenvalue weighted by Gasteiger charge is -2.09. The van der Waals surface area contributed by atoms with Crippen LogP contribution in [-0.4, -0.2) is 18.6 Å². The molecule has 0 fully saturated rings. The van der Waals surface area contributed by atoms with Crippen LogP contribution in [0.2, 0.25) is 0 Å². The van der Waals surface area contributed by atoms with E-state index in [0.29, 0.717) is 6.54 Å². The van der Waals surface area contributed by atoms with Crippen LogP contribution in [0.25, 0.3) is 6.08 Å². The van der Waals surface area contributed by atoms with Gasteiger partial charge in [0.1, 0.15) is 17.4 Å². The van der Waals surface area contributed by atoms with Gasteiger partial charge in [-0.2, -0.15) is 5.26 Å². The lowest BCUT2D eigenvalue weighted by molar-refractivity contribution is -0.117. The Morgan fingerprint density at radius 3 is 2.57 bits per heavy atom. The van der Waals surface area contributed by atoms with E-state index in [-0.39, 0.29) is 17.6 Å². The fourth-order valence-corrected chi connectivity index (χ4v) is 1.70. The summed E-state index contributed by atoms with van der Waals surface area (Å²) < 4.78 is 5.55. The van der Waals surface area contributed by atoms with Crippen molar-refractivity contribution >= 4 is 12.0 Å².